The third-order valence-electron chi connectivity index (χ3n) is 2.72. The Bertz CT molecular complexity index is 140. The molecular weight excluding hydrogens is 169 g/mol. The van der Waals surface area contributed by atoms with Crippen LogP contribution in [0.4, 0.5) is 4.39 Å². The highest BCUT2D eigenvalue weighted by Gasteiger charge is 2.28. The van der Waals surface area contributed by atoms with E-state index in [9.17, 15) is 4.39 Å². The second kappa shape index (κ2) is 4.91. The Hall–Kier alpha value is -0.150. The summed E-state index contributed by atoms with van der Waals surface area (Å²) in [5.74, 6) is 0. The standard InChI is InChI=1S/C10H20FNO/c1-10(11)4-7-12(8-5-10)6-3-9-13-2/h3-9H2,1-2H3. The third kappa shape index (κ3) is 4.05. The van der Waals surface area contributed by atoms with Crippen LogP contribution in [0.2, 0.25) is 0 Å². The highest BCUT2D eigenvalue weighted by molar-refractivity contribution is 4.81. The highest BCUT2D eigenvalue weighted by atomic mass is 19.1. The summed E-state index contributed by atoms with van der Waals surface area (Å²) < 4.78 is 18.4. The maximum Gasteiger partial charge on any atom is 0.110 e. The van der Waals surface area contributed by atoms with Gasteiger partial charge in [0.2, 0.25) is 0 Å². The van der Waals surface area contributed by atoms with Crippen LogP contribution < -0.4 is 0 Å². The molecule has 0 atom stereocenters. The summed E-state index contributed by atoms with van der Waals surface area (Å²) in [4.78, 5) is 2.32. The number of likely N-dealkylation sites (tertiary alicyclic amines) is 1. The molecule has 13 heavy (non-hydrogen) atoms. The van der Waals surface area contributed by atoms with E-state index in [2.05, 4.69) is 4.90 Å². The summed E-state index contributed by atoms with van der Waals surface area (Å²) in [5.41, 5.74) is -0.919. The van der Waals surface area contributed by atoms with Gasteiger partial charge >= 0.3 is 0 Å². The molecule has 1 aliphatic heterocycles. The lowest BCUT2D eigenvalue weighted by Gasteiger charge is -2.34. The van der Waals surface area contributed by atoms with E-state index in [0.29, 0.717) is 12.8 Å². The van der Waals surface area contributed by atoms with Crippen LogP contribution in [0.15, 0.2) is 0 Å². The number of hydrogen-bond donors (Lipinski definition) is 0. The Balaban J connectivity index is 2.11. The van der Waals surface area contributed by atoms with Gasteiger partial charge in [0.15, 0.2) is 0 Å². The van der Waals surface area contributed by atoms with E-state index in [1.54, 1.807) is 14.0 Å². The van der Waals surface area contributed by atoms with Crippen molar-refractivity contribution in [1.82, 2.24) is 4.90 Å². The highest BCUT2D eigenvalue weighted by Crippen LogP contribution is 2.25. The van der Waals surface area contributed by atoms with Gasteiger partial charge in [0.1, 0.15) is 5.67 Å². The molecule has 2 nitrogen and oxygen atoms in total. The summed E-state index contributed by atoms with van der Waals surface area (Å²) in [6.07, 6.45) is 2.42. The van der Waals surface area contributed by atoms with Gasteiger partial charge in [-0.3, -0.25) is 0 Å². The Morgan fingerprint density at radius 2 is 2.00 bits per heavy atom. The number of hydrogen-bond acceptors (Lipinski definition) is 2. The average Bonchev–Trinajstić information content (AvgIpc) is 2.08. The van der Waals surface area contributed by atoms with Gasteiger partial charge in [0, 0.05) is 33.4 Å². The lowest BCUT2D eigenvalue weighted by Crippen LogP contribution is -2.40. The van der Waals surface area contributed by atoms with Gasteiger partial charge in [0.05, 0.1) is 0 Å². The molecule has 0 bridgehead atoms. The van der Waals surface area contributed by atoms with Gasteiger partial charge in [-0.05, 0) is 26.2 Å². The SMILES string of the molecule is COCCCN1CCC(C)(F)CC1. The zero-order valence-electron chi connectivity index (χ0n) is 8.68. The summed E-state index contributed by atoms with van der Waals surface area (Å²) in [7, 11) is 1.72. The lowest BCUT2D eigenvalue weighted by molar-refractivity contribution is 0.0687. The van der Waals surface area contributed by atoms with Crippen LogP contribution >= 0.6 is 0 Å². The van der Waals surface area contributed by atoms with Gasteiger partial charge in [0.25, 0.3) is 0 Å². The Morgan fingerprint density at radius 1 is 1.38 bits per heavy atom. The van der Waals surface area contributed by atoms with Gasteiger partial charge in [-0.1, -0.05) is 0 Å². The van der Waals surface area contributed by atoms with Crippen LogP contribution in [0.25, 0.3) is 0 Å². The van der Waals surface area contributed by atoms with Crippen molar-refractivity contribution < 1.29 is 9.13 Å². The number of nitrogens with zero attached hydrogens (tertiary/aromatic N) is 1. The molecule has 0 aromatic rings. The fraction of sp³-hybridized carbons (Fsp3) is 1.00. The first kappa shape index (κ1) is 10.9. The van der Waals surface area contributed by atoms with Gasteiger partial charge in [-0.2, -0.15) is 0 Å². The lowest BCUT2D eigenvalue weighted by atomic mass is 9.96. The van der Waals surface area contributed by atoms with Crippen LogP contribution in [0.3, 0.4) is 0 Å². The fourth-order valence-corrected chi connectivity index (χ4v) is 1.68. The summed E-state index contributed by atoms with van der Waals surface area (Å²) >= 11 is 0. The predicted molar refractivity (Wildman–Crippen MR) is 51.7 cm³/mol. The van der Waals surface area contributed by atoms with E-state index in [1.165, 1.54) is 0 Å². The molecule has 0 radical (unpaired) electrons. The molecule has 0 N–H and O–H groups in total. The number of alkyl halides is 1. The molecule has 0 saturated carbocycles. The molecule has 0 amide bonds. The quantitative estimate of drug-likeness (QED) is 0.626. The van der Waals surface area contributed by atoms with E-state index in [4.69, 9.17) is 4.74 Å². The van der Waals surface area contributed by atoms with Crippen molar-refractivity contribution in [1.29, 1.82) is 0 Å². The molecule has 1 aliphatic rings. The van der Waals surface area contributed by atoms with E-state index < -0.39 is 5.67 Å². The minimum atomic E-state index is -0.919. The van der Waals surface area contributed by atoms with Gasteiger partial charge in [-0.15, -0.1) is 0 Å². The normalized spacial score (nSPS) is 23.3. The number of rotatable bonds is 4. The molecule has 0 spiro atoms. The van der Waals surface area contributed by atoms with Crippen LogP contribution in [-0.4, -0.2) is 43.9 Å². The van der Waals surface area contributed by atoms with Gasteiger partial charge < -0.3 is 9.64 Å². The number of halogens is 1. The van der Waals surface area contributed by atoms with Crippen molar-refractivity contribution in [2.45, 2.75) is 31.9 Å². The van der Waals surface area contributed by atoms with Crippen LogP contribution in [0.1, 0.15) is 26.2 Å². The monoisotopic (exact) mass is 189 g/mol. The van der Waals surface area contributed by atoms with Crippen LogP contribution in [0.5, 0.6) is 0 Å². The van der Waals surface area contributed by atoms with Crippen molar-refractivity contribution in [3.8, 4) is 0 Å². The van der Waals surface area contributed by atoms with E-state index in [0.717, 1.165) is 32.7 Å². The zero-order valence-corrected chi connectivity index (χ0v) is 8.68. The maximum atomic E-state index is 13.4. The van der Waals surface area contributed by atoms with Crippen molar-refractivity contribution >= 4 is 0 Å². The van der Waals surface area contributed by atoms with E-state index in [1.807, 2.05) is 0 Å². The second-order valence-corrected chi connectivity index (χ2v) is 4.10. The summed E-state index contributed by atoms with van der Waals surface area (Å²) in [6, 6.07) is 0. The molecule has 1 fully saturated rings. The third-order valence-corrected chi connectivity index (χ3v) is 2.72. The predicted octanol–water partition coefficient (Wildman–Crippen LogP) is 1.85. The average molecular weight is 189 g/mol. The molecule has 0 aliphatic carbocycles. The first-order valence-electron chi connectivity index (χ1n) is 5.04. The number of piperidine rings is 1. The summed E-state index contributed by atoms with van der Waals surface area (Å²) in [5, 5.41) is 0. The molecule has 1 saturated heterocycles. The summed E-state index contributed by atoms with van der Waals surface area (Å²) in [6.45, 7) is 5.36. The maximum absolute atomic E-state index is 13.4. The minimum Gasteiger partial charge on any atom is -0.385 e. The molecule has 0 unspecified atom stereocenters. The van der Waals surface area contributed by atoms with Crippen LogP contribution in [-0.2, 0) is 4.74 Å². The topological polar surface area (TPSA) is 12.5 Å². The molecule has 1 heterocycles. The zero-order chi connectivity index (χ0) is 9.73. The fourth-order valence-electron chi connectivity index (χ4n) is 1.68. The Morgan fingerprint density at radius 3 is 2.54 bits per heavy atom. The van der Waals surface area contributed by atoms with E-state index >= 15 is 0 Å². The number of methoxy groups -OCH3 is 1. The van der Waals surface area contributed by atoms with Crippen LogP contribution in [0, 0.1) is 0 Å². The largest absolute Gasteiger partial charge is 0.385 e. The second-order valence-electron chi connectivity index (χ2n) is 4.10. The number of ether oxygens (including phenoxy) is 1. The molecule has 3 heteroatoms. The smallest absolute Gasteiger partial charge is 0.110 e. The first-order chi connectivity index (χ1) is 6.14. The van der Waals surface area contributed by atoms with Crippen molar-refractivity contribution in [2.75, 3.05) is 33.4 Å². The Labute approximate surface area is 80.1 Å². The molecule has 0 aromatic heterocycles. The van der Waals surface area contributed by atoms with E-state index in [-0.39, 0.29) is 0 Å². The Kier molecular flexibility index (Phi) is 4.13. The van der Waals surface area contributed by atoms with Crippen molar-refractivity contribution in [2.24, 2.45) is 0 Å². The molecule has 78 valence electrons. The van der Waals surface area contributed by atoms with Crippen molar-refractivity contribution in [3.63, 3.8) is 0 Å². The molecular formula is C10H20FNO. The first-order valence-corrected chi connectivity index (χ1v) is 5.04. The molecule has 1 rings (SSSR count). The van der Waals surface area contributed by atoms with Crippen molar-refractivity contribution in [3.05, 3.63) is 0 Å². The van der Waals surface area contributed by atoms with Gasteiger partial charge in [-0.25, -0.2) is 4.39 Å². The minimum absolute atomic E-state index is 0.681. The molecule has 0 aromatic carbocycles.